The number of Topliss-reactive ketones (excluding diaryl/α,β-unsaturated/α-hetero) is 1. The van der Waals surface area contributed by atoms with Gasteiger partial charge in [0.05, 0.1) is 11.5 Å². The summed E-state index contributed by atoms with van der Waals surface area (Å²) in [6.45, 7) is 0.314. The number of hydrogen-bond donors (Lipinski definition) is 0. The number of hydrogen-bond acceptors (Lipinski definition) is 2. The van der Waals surface area contributed by atoms with Crippen LogP contribution in [0.15, 0.2) is 54.7 Å². The number of alkyl halides is 3. The van der Waals surface area contributed by atoms with Crippen LogP contribution in [0.2, 0.25) is 5.02 Å². The minimum Gasteiger partial charge on any atom is -0.379 e. The van der Waals surface area contributed by atoms with Crippen LogP contribution in [0.4, 0.5) is 13.2 Å². The molecule has 0 saturated heterocycles. The lowest BCUT2D eigenvalue weighted by Gasteiger charge is -2.30. The highest BCUT2D eigenvalue weighted by atomic mass is 35.5. The van der Waals surface area contributed by atoms with E-state index < -0.39 is 17.7 Å². The van der Waals surface area contributed by atoms with E-state index in [9.17, 15) is 18.0 Å². The summed E-state index contributed by atoms with van der Waals surface area (Å²) in [6, 6.07) is 11.9. The Morgan fingerprint density at radius 3 is 2.52 bits per heavy atom. The summed E-state index contributed by atoms with van der Waals surface area (Å²) in [6.07, 6.45) is -2.76. The summed E-state index contributed by atoms with van der Waals surface area (Å²) in [7, 11) is 1.78. The molecular weight excluding hydrogens is 351 g/mol. The number of benzene rings is 2. The van der Waals surface area contributed by atoms with Crippen molar-refractivity contribution in [2.24, 2.45) is 0 Å². The fraction of sp³-hybridized carbons (Fsp3) is 0.211. The van der Waals surface area contributed by atoms with E-state index in [1.54, 1.807) is 48.5 Å². The lowest BCUT2D eigenvalue weighted by atomic mass is 9.85. The van der Waals surface area contributed by atoms with Gasteiger partial charge in [-0.2, -0.15) is 13.2 Å². The van der Waals surface area contributed by atoms with Crippen LogP contribution in [-0.4, -0.2) is 24.3 Å². The third-order valence-electron chi connectivity index (χ3n) is 4.18. The first-order chi connectivity index (χ1) is 11.8. The van der Waals surface area contributed by atoms with Crippen LogP contribution in [0.5, 0.6) is 0 Å². The van der Waals surface area contributed by atoms with Crippen LogP contribution in [0.25, 0.3) is 5.57 Å². The molecule has 1 unspecified atom stereocenters. The molecular formula is C19H15ClF3NO. The van der Waals surface area contributed by atoms with Gasteiger partial charge in [0.25, 0.3) is 0 Å². The molecule has 2 aromatic carbocycles. The molecule has 25 heavy (non-hydrogen) atoms. The Hall–Kier alpha value is -2.27. The standard InChI is InChI=1S/C19H15ClF3NO/c1-24-10-15(12-5-4-6-13(9-12)19(21,22)23)18(25)16(11-24)14-7-2-3-8-17(14)20/h2-9,11,15H,10H2,1H3. The molecule has 0 aromatic heterocycles. The van der Waals surface area contributed by atoms with E-state index in [2.05, 4.69) is 0 Å². The Labute approximate surface area is 148 Å². The highest BCUT2D eigenvalue weighted by Crippen LogP contribution is 2.36. The molecule has 3 rings (SSSR count). The van der Waals surface area contributed by atoms with Gasteiger partial charge in [0, 0.05) is 36.0 Å². The minimum absolute atomic E-state index is 0.231. The molecule has 6 heteroatoms. The SMILES string of the molecule is CN1C=C(c2ccccc2Cl)C(=O)C(c2cccc(C(F)(F)F)c2)C1. The molecule has 1 aliphatic heterocycles. The van der Waals surface area contributed by atoms with Crippen molar-refractivity contribution in [3.05, 3.63) is 76.4 Å². The maximum atomic E-state index is 13.0. The summed E-state index contributed by atoms with van der Waals surface area (Å²) in [5.41, 5.74) is 0.582. The van der Waals surface area contributed by atoms with E-state index >= 15 is 0 Å². The third-order valence-corrected chi connectivity index (χ3v) is 4.51. The van der Waals surface area contributed by atoms with Crippen LogP contribution in [0, 0.1) is 0 Å². The van der Waals surface area contributed by atoms with Crippen LogP contribution >= 0.6 is 11.6 Å². The second kappa shape index (κ2) is 6.56. The number of likely N-dealkylation sites (N-methyl/N-ethyl adjacent to an activating group) is 1. The first-order valence-corrected chi connectivity index (χ1v) is 8.03. The van der Waals surface area contributed by atoms with E-state index in [1.165, 1.54) is 6.07 Å². The van der Waals surface area contributed by atoms with Crippen molar-refractivity contribution in [3.8, 4) is 0 Å². The smallest absolute Gasteiger partial charge is 0.379 e. The number of carbonyl (C=O) groups is 1. The first-order valence-electron chi connectivity index (χ1n) is 7.65. The van der Waals surface area contributed by atoms with Crippen LogP contribution < -0.4 is 0 Å². The molecule has 0 amide bonds. The van der Waals surface area contributed by atoms with Gasteiger partial charge < -0.3 is 4.90 Å². The molecule has 1 aliphatic rings. The predicted molar refractivity (Wildman–Crippen MR) is 91.3 cm³/mol. The van der Waals surface area contributed by atoms with Crippen molar-refractivity contribution >= 4 is 23.0 Å². The Balaban J connectivity index is 2.02. The van der Waals surface area contributed by atoms with E-state index in [1.807, 2.05) is 0 Å². The molecule has 1 heterocycles. The monoisotopic (exact) mass is 365 g/mol. The Morgan fingerprint density at radius 2 is 1.84 bits per heavy atom. The molecule has 0 aliphatic carbocycles. The third kappa shape index (κ3) is 3.56. The molecule has 2 aromatic rings. The topological polar surface area (TPSA) is 20.3 Å². The summed E-state index contributed by atoms with van der Waals surface area (Å²) in [5, 5.41) is 0.431. The highest BCUT2D eigenvalue weighted by Gasteiger charge is 2.34. The highest BCUT2D eigenvalue weighted by molar-refractivity contribution is 6.35. The van der Waals surface area contributed by atoms with Crippen LogP contribution in [0.3, 0.4) is 0 Å². The fourth-order valence-corrected chi connectivity index (χ4v) is 3.20. The van der Waals surface area contributed by atoms with E-state index in [4.69, 9.17) is 11.6 Å². The van der Waals surface area contributed by atoms with E-state index in [0.29, 0.717) is 28.3 Å². The molecule has 1 atom stereocenters. The van der Waals surface area contributed by atoms with Gasteiger partial charge in [-0.25, -0.2) is 0 Å². The second-order valence-electron chi connectivity index (χ2n) is 6.00. The zero-order chi connectivity index (χ0) is 18.2. The second-order valence-corrected chi connectivity index (χ2v) is 6.41. The lowest BCUT2D eigenvalue weighted by Crippen LogP contribution is -2.32. The van der Waals surface area contributed by atoms with Crippen molar-refractivity contribution in [2.75, 3.05) is 13.6 Å². The molecule has 0 N–H and O–H groups in total. The van der Waals surface area contributed by atoms with Gasteiger partial charge in [-0.15, -0.1) is 0 Å². The van der Waals surface area contributed by atoms with Gasteiger partial charge in [0.2, 0.25) is 0 Å². The number of rotatable bonds is 2. The zero-order valence-corrected chi connectivity index (χ0v) is 14.1. The minimum atomic E-state index is -4.44. The maximum absolute atomic E-state index is 13.0. The Bertz CT molecular complexity index is 845. The number of carbonyl (C=O) groups excluding carboxylic acids is 1. The molecule has 0 saturated carbocycles. The van der Waals surface area contributed by atoms with Crippen molar-refractivity contribution in [3.63, 3.8) is 0 Å². The lowest BCUT2D eigenvalue weighted by molar-refractivity contribution is -0.137. The van der Waals surface area contributed by atoms with Crippen LogP contribution in [-0.2, 0) is 11.0 Å². The Morgan fingerprint density at radius 1 is 1.12 bits per heavy atom. The van der Waals surface area contributed by atoms with Gasteiger partial charge in [-0.1, -0.05) is 48.0 Å². The van der Waals surface area contributed by atoms with E-state index in [0.717, 1.165) is 12.1 Å². The normalized spacial score (nSPS) is 18.3. The summed E-state index contributed by atoms with van der Waals surface area (Å²) in [4.78, 5) is 14.7. The number of ketones is 1. The largest absolute Gasteiger partial charge is 0.416 e. The zero-order valence-electron chi connectivity index (χ0n) is 13.3. The van der Waals surface area contributed by atoms with Gasteiger partial charge in [0.15, 0.2) is 5.78 Å². The summed E-state index contributed by atoms with van der Waals surface area (Å²) in [5.74, 6) is -0.908. The molecule has 0 spiro atoms. The summed E-state index contributed by atoms with van der Waals surface area (Å²) >= 11 is 6.19. The van der Waals surface area contributed by atoms with Crippen molar-refractivity contribution in [2.45, 2.75) is 12.1 Å². The van der Waals surface area contributed by atoms with Gasteiger partial charge in [-0.3, -0.25) is 4.79 Å². The molecule has 0 radical (unpaired) electrons. The number of nitrogens with zero attached hydrogens (tertiary/aromatic N) is 1. The number of allylic oxidation sites excluding steroid dienone is 1. The average Bonchev–Trinajstić information content (AvgIpc) is 2.57. The van der Waals surface area contributed by atoms with Crippen molar-refractivity contribution in [1.82, 2.24) is 4.90 Å². The quantitative estimate of drug-likeness (QED) is 0.746. The molecule has 130 valence electrons. The fourth-order valence-electron chi connectivity index (χ4n) is 2.97. The van der Waals surface area contributed by atoms with Crippen molar-refractivity contribution < 1.29 is 18.0 Å². The average molecular weight is 366 g/mol. The van der Waals surface area contributed by atoms with Crippen molar-refractivity contribution in [1.29, 1.82) is 0 Å². The maximum Gasteiger partial charge on any atom is 0.416 e. The predicted octanol–water partition coefficient (Wildman–Crippen LogP) is 5.00. The molecule has 2 nitrogen and oxygen atoms in total. The first kappa shape index (κ1) is 17.5. The molecule has 0 bridgehead atoms. The van der Waals surface area contributed by atoms with E-state index in [-0.39, 0.29) is 5.78 Å². The van der Waals surface area contributed by atoms with Gasteiger partial charge in [0.1, 0.15) is 0 Å². The van der Waals surface area contributed by atoms with Gasteiger partial charge >= 0.3 is 6.18 Å². The van der Waals surface area contributed by atoms with Gasteiger partial charge in [-0.05, 0) is 17.7 Å². The van der Waals surface area contributed by atoms with Crippen LogP contribution in [0.1, 0.15) is 22.6 Å². The Kier molecular flexibility index (Phi) is 4.60. The molecule has 0 fully saturated rings. The number of halogens is 4. The summed E-state index contributed by atoms with van der Waals surface area (Å²) < 4.78 is 38.9.